The lowest BCUT2D eigenvalue weighted by atomic mass is 10.3. The van der Waals surface area contributed by atoms with E-state index in [2.05, 4.69) is 0 Å². The molecule has 4 heteroatoms. The summed E-state index contributed by atoms with van der Waals surface area (Å²) in [7, 11) is 0. The molecule has 0 spiro atoms. The second-order valence-electron chi connectivity index (χ2n) is 2.87. The van der Waals surface area contributed by atoms with Gasteiger partial charge in [-0.15, -0.1) is 0 Å². The van der Waals surface area contributed by atoms with Crippen LogP contribution in [0.15, 0.2) is 34.1 Å². The summed E-state index contributed by atoms with van der Waals surface area (Å²) in [5, 5.41) is 9.00. The predicted molar refractivity (Wildman–Crippen MR) is 49.5 cm³/mol. The van der Waals surface area contributed by atoms with Crippen LogP contribution in [0.3, 0.4) is 0 Å². The molecule has 0 aliphatic rings. The fraction of sp³-hybridized carbons (Fsp3) is 0.300. The zero-order chi connectivity index (χ0) is 10.6. The largest absolute Gasteiger partial charge is 0.512 e. The summed E-state index contributed by atoms with van der Waals surface area (Å²) < 4.78 is 9.83. The summed E-state index contributed by atoms with van der Waals surface area (Å²) >= 11 is 0. The molecule has 0 radical (unpaired) electrons. The second kappa shape index (κ2) is 4.50. The number of hydrogen-bond acceptors (Lipinski definition) is 4. The van der Waals surface area contributed by atoms with E-state index in [-0.39, 0.29) is 17.9 Å². The number of carbonyl (C=O) groups excluding carboxylic acids is 1. The molecule has 14 heavy (non-hydrogen) atoms. The smallest absolute Gasteiger partial charge is 0.337 e. The summed E-state index contributed by atoms with van der Waals surface area (Å²) in [4.78, 5) is 11.2. The third-order valence-electron chi connectivity index (χ3n) is 1.77. The van der Waals surface area contributed by atoms with Gasteiger partial charge in [0, 0.05) is 0 Å². The van der Waals surface area contributed by atoms with Crippen LogP contribution in [0.25, 0.3) is 0 Å². The van der Waals surface area contributed by atoms with Crippen LogP contribution in [0.2, 0.25) is 0 Å². The molecule has 1 heterocycles. The minimum Gasteiger partial charge on any atom is -0.512 e. The molecule has 0 bridgehead atoms. The summed E-state index contributed by atoms with van der Waals surface area (Å²) in [6.45, 7) is 3.01. The molecular weight excluding hydrogens is 184 g/mol. The van der Waals surface area contributed by atoms with Crippen molar-refractivity contribution in [2.75, 3.05) is 0 Å². The van der Waals surface area contributed by atoms with Crippen LogP contribution >= 0.6 is 0 Å². The number of aliphatic hydroxyl groups excluding tert-OH is 1. The first-order chi connectivity index (χ1) is 6.61. The molecule has 4 nitrogen and oxygen atoms in total. The second-order valence-corrected chi connectivity index (χ2v) is 2.87. The average Bonchev–Trinajstić information content (AvgIpc) is 2.65. The first kappa shape index (κ1) is 10.4. The van der Waals surface area contributed by atoms with E-state index in [0.29, 0.717) is 5.76 Å². The van der Waals surface area contributed by atoms with Crippen molar-refractivity contribution in [3.8, 4) is 0 Å². The number of furan rings is 1. The molecule has 1 N–H and O–H groups in total. The van der Waals surface area contributed by atoms with E-state index in [1.54, 1.807) is 12.1 Å². The zero-order valence-electron chi connectivity index (χ0n) is 8.11. The van der Waals surface area contributed by atoms with Gasteiger partial charge in [-0.25, -0.2) is 4.79 Å². The first-order valence-electron chi connectivity index (χ1n) is 4.17. The van der Waals surface area contributed by atoms with E-state index in [0.717, 1.165) is 0 Å². The van der Waals surface area contributed by atoms with Crippen molar-refractivity contribution in [2.45, 2.75) is 20.5 Å². The van der Waals surface area contributed by atoms with Crippen LogP contribution in [-0.2, 0) is 16.1 Å². The quantitative estimate of drug-likeness (QED) is 0.457. The number of allylic oxidation sites excluding steroid dienone is 1. The Balaban J connectivity index is 2.47. The van der Waals surface area contributed by atoms with Crippen LogP contribution in [0, 0.1) is 0 Å². The van der Waals surface area contributed by atoms with Crippen molar-refractivity contribution in [1.29, 1.82) is 0 Å². The lowest BCUT2D eigenvalue weighted by Gasteiger charge is -2.03. The Morgan fingerprint density at radius 1 is 1.57 bits per heavy atom. The number of ether oxygens (including phenoxy) is 1. The molecule has 1 aromatic rings. The van der Waals surface area contributed by atoms with Crippen molar-refractivity contribution >= 4 is 5.97 Å². The van der Waals surface area contributed by atoms with Crippen molar-refractivity contribution in [3.05, 3.63) is 35.5 Å². The zero-order valence-corrected chi connectivity index (χ0v) is 8.11. The monoisotopic (exact) mass is 196 g/mol. The molecule has 0 saturated heterocycles. The Morgan fingerprint density at radius 3 is 2.79 bits per heavy atom. The van der Waals surface area contributed by atoms with Gasteiger partial charge in [0.2, 0.25) is 0 Å². The summed E-state index contributed by atoms with van der Waals surface area (Å²) in [5.41, 5.74) is 0.205. The number of esters is 1. The maximum absolute atomic E-state index is 11.2. The van der Waals surface area contributed by atoms with Crippen LogP contribution in [0.4, 0.5) is 0 Å². The maximum atomic E-state index is 11.2. The molecule has 0 fully saturated rings. The minimum atomic E-state index is -0.540. The molecule has 1 rings (SSSR count). The highest BCUT2D eigenvalue weighted by Gasteiger charge is 2.09. The maximum Gasteiger partial charge on any atom is 0.337 e. The van der Waals surface area contributed by atoms with E-state index in [1.807, 2.05) is 0 Å². The summed E-state index contributed by atoms with van der Waals surface area (Å²) in [6.07, 6.45) is 1.50. The SMILES string of the molecule is CC(O)=C(C)C(=O)OCc1ccco1. The van der Waals surface area contributed by atoms with Gasteiger partial charge in [-0.2, -0.15) is 0 Å². The topological polar surface area (TPSA) is 59.7 Å². The van der Waals surface area contributed by atoms with E-state index in [9.17, 15) is 4.79 Å². The standard InChI is InChI=1S/C10H12O4/c1-7(8(2)11)10(12)14-6-9-4-3-5-13-9/h3-5,11H,6H2,1-2H3. The van der Waals surface area contributed by atoms with Gasteiger partial charge in [-0.3, -0.25) is 0 Å². The van der Waals surface area contributed by atoms with Gasteiger partial charge < -0.3 is 14.3 Å². The highest BCUT2D eigenvalue weighted by molar-refractivity contribution is 5.88. The lowest BCUT2D eigenvalue weighted by molar-refractivity contribution is -0.141. The number of aliphatic hydroxyl groups is 1. The van der Waals surface area contributed by atoms with Gasteiger partial charge in [-0.1, -0.05) is 0 Å². The molecule has 0 aromatic carbocycles. The molecule has 0 unspecified atom stereocenters. The first-order valence-corrected chi connectivity index (χ1v) is 4.17. The summed E-state index contributed by atoms with van der Waals surface area (Å²) in [5.74, 6) is -0.00223. The number of hydrogen-bond donors (Lipinski definition) is 1. The number of rotatable bonds is 3. The Morgan fingerprint density at radius 2 is 2.29 bits per heavy atom. The van der Waals surface area contributed by atoms with Crippen molar-refractivity contribution in [3.63, 3.8) is 0 Å². The van der Waals surface area contributed by atoms with Gasteiger partial charge >= 0.3 is 5.97 Å². The number of carbonyl (C=O) groups is 1. The Kier molecular flexibility index (Phi) is 3.34. The fourth-order valence-electron chi connectivity index (χ4n) is 0.787. The van der Waals surface area contributed by atoms with E-state index >= 15 is 0 Å². The molecular formula is C10H12O4. The molecule has 0 saturated carbocycles. The third kappa shape index (κ3) is 2.65. The normalized spacial score (nSPS) is 12.1. The van der Waals surface area contributed by atoms with Crippen LogP contribution in [-0.4, -0.2) is 11.1 Å². The van der Waals surface area contributed by atoms with Gasteiger partial charge in [0.15, 0.2) is 0 Å². The van der Waals surface area contributed by atoms with E-state index in [1.165, 1.54) is 20.1 Å². The fourth-order valence-corrected chi connectivity index (χ4v) is 0.787. The Hall–Kier alpha value is -1.71. The molecule has 76 valence electrons. The third-order valence-corrected chi connectivity index (χ3v) is 1.77. The van der Waals surface area contributed by atoms with E-state index in [4.69, 9.17) is 14.3 Å². The lowest BCUT2D eigenvalue weighted by Crippen LogP contribution is -2.07. The Bertz CT molecular complexity index is 331. The van der Waals surface area contributed by atoms with Gasteiger partial charge in [0.25, 0.3) is 0 Å². The molecule has 0 atom stereocenters. The molecule has 0 amide bonds. The highest BCUT2D eigenvalue weighted by Crippen LogP contribution is 2.06. The van der Waals surface area contributed by atoms with Crippen molar-refractivity contribution in [2.24, 2.45) is 0 Å². The Labute approximate surface area is 81.8 Å². The van der Waals surface area contributed by atoms with Crippen LogP contribution in [0.5, 0.6) is 0 Å². The molecule has 1 aromatic heterocycles. The van der Waals surface area contributed by atoms with E-state index < -0.39 is 5.97 Å². The van der Waals surface area contributed by atoms with Gasteiger partial charge in [-0.05, 0) is 26.0 Å². The molecule has 0 aliphatic carbocycles. The predicted octanol–water partition coefficient (Wildman–Crippen LogP) is 2.17. The summed E-state index contributed by atoms with van der Waals surface area (Å²) in [6, 6.07) is 3.42. The van der Waals surface area contributed by atoms with Crippen molar-refractivity contribution in [1.82, 2.24) is 0 Å². The average molecular weight is 196 g/mol. The van der Waals surface area contributed by atoms with Gasteiger partial charge in [0.05, 0.1) is 17.6 Å². The highest BCUT2D eigenvalue weighted by atomic mass is 16.5. The minimum absolute atomic E-state index is 0.0329. The van der Waals surface area contributed by atoms with Gasteiger partial charge in [0.1, 0.15) is 12.4 Å². The van der Waals surface area contributed by atoms with Crippen molar-refractivity contribution < 1.29 is 19.1 Å². The molecule has 0 aliphatic heterocycles. The van der Waals surface area contributed by atoms with Crippen LogP contribution < -0.4 is 0 Å². The van der Waals surface area contributed by atoms with Crippen LogP contribution in [0.1, 0.15) is 19.6 Å².